The minimum atomic E-state index is -0.209. The zero-order valence-corrected chi connectivity index (χ0v) is 29.6. The fraction of sp³-hybridized carbons (Fsp3) is 0.366. The first-order valence-electron chi connectivity index (χ1n) is 17.7. The molecule has 0 saturated carbocycles. The van der Waals surface area contributed by atoms with Crippen LogP contribution < -0.4 is 19.5 Å². The van der Waals surface area contributed by atoms with Crippen LogP contribution >= 0.6 is 0 Å². The molecule has 0 spiro atoms. The summed E-state index contributed by atoms with van der Waals surface area (Å²) in [7, 11) is 4.68. The topological polar surface area (TPSA) is 81.1 Å². The fourth-order valence-electron chi connectivity index (χ4n) is 7.81. The van der Waals surface area contributed by atoms with Gasteiger partial charge in [-0.25, -0.2) is 9.37 Å². The van der Waals surface area contributed by atoms with Crippen LogP contribution in [0.1, 0.15) is 47.2 Å². The van der Waals surface area contributed by atoms with Gasteiger partial charge in [-0.05, 0) is 68.1 Å². The maximum Gasteiger partial charge on any atom is 0.254 e. The van der Waals surface area contributed by atoms with Crippen LogP contribution in [0.3, 0.4) is 0 Å². The summed E-state index contributed by atoms with van der Waals surface area (Å²) in [5, 5.41) is 3.72. The Morgan fingerprint density at radius 2 is 1.57 bits per heavy atom. The molecule has 0 aliphatic carbocycles. The molecule has 1 atom stereocenters. The predicted octanol–water partition coefficient (Wildman–Crippen LogP) is 7.00. The first-order valence-corrected chi connectivity index (χ1v) is 17.7. The van der Waals surface area contributed by atoms with Crippen LogP contribution in [0.25, 0.3) is 11.0 Å². The highest BCUT2D eigenvalue weighted by molar-refractivity contribution is 5.96. The summed E-state index contributed by atoms with van der Waals surface area (Å²) in [6.07, 6.45) is 3.80. The second-order valence-corrected chi connectivity index (χ2v) is 13.6. The minimum Gasteiger partial charge on any atom is -0.493 e. The quantitative estimate of drug-likeness (QED) is 0.151. The molecule has 4 aromatic carbocycles. The Morgan fingerprint density at radius 1 is 0.882 bits per heavy atom. The number of halogens is 1. The number of nitrogens with zero attached hydrogens (tertiary/aromatic N) is 4. The SMILES string of the molecule is COc1cc(C(=O)N2CCC(CCN3CCC(Nc4nc5ccccc5n4Cc4ccccc4F)CC3)(c3ccccc3)C2)cc(OC)c1OC. The number of aromatic nitrogens is 2. The van der Waals surface area contributed by atoms with Crippen molar-refractivity contribution in [1.29, 1.82) is 0 Å². The number of imidazole rings is 1. The van der Waals surface area contributed by atoms with Gasteiger partial charge in [-0.3, -0.25) is 4.79 Å². The number of fused-ring (bicyclic) bond motifs is 1. The van der Waals surface area contributed by atoms with E-state index in [1.807, 2.05) is 47.4 Å². The number of benzene rings is 4. The lowest BCUT2D eigenvalue weighted by Gasteiger charge is -2.36. The molecule has 2 saturated heterocycles. The van der Waals surface area contributed by atoms with Gasteiger partial charge in [0.05, 0.1) is 38.9 Å². The lowest BCUT2D eigenvalue weighted by atomic mass is 9.76. The minimum absolute atomic E-state index is 0.0417. The predicted molar refractivity (Wildman–Crippen MR) is 198 cm³/mol. The number of anilines is 1. The summed E-state index contributed by atoms with van der Waals surface area (Å²) < 4.78 is 33.3. The van der Waals surface area contributed by atoms with E-state index in [1.165, 1.54) is 11.6 Å². The number of ether oxygens (including phenoxy) is 3. The number of rotatable bonds is 12. The Bertz CT molecular complexity index is 1950. The molecule has 10 heteroatoms. The maximum absolute atomic E-state index is 14.7. The lowest BCUT2D eigenvalue weighted by Crippen LogP contribution is -2.42. The highest BCUT2D eigenvalue weighted by Crippen LogP contribution is 2.41. The van der Waals surface area contributed by atoms with Crippen molar-refractivity contribution >= 4 is 22.9 Å². The van der Waals surface area contributed by atoms with Crippen molar-refractivity contribution in [2.45, 2.75) is 43.7 Å². The highest BCUT2D eigenvalue weighted by Gasteiger charge is 2.42. The normalized spacial score (nSPS) is 18.2. The van der Waals surface area contributed by atoms with Gasteiger partial charge < -0.3 is 33.9 Å². The third-order valence-electron chi connectivity index (χ3n) is 10.7. The molecule has 2 aliphatic rings. The van der Waals surface area contributed by atoms with Crippen LogP contribution in [0, 0.1) is 5.82 Å². The molecule has 51 heavy (non-hydrogen) atoms. The Labute approximate surface area is 298 Å². The lowest BCUT2D eigenvalue weighted by molar-refractivity contribution is 0.0779. The number of amides is 1. The zero-order chi connectivity index (χ0) is 35.4. The molecular formula is C41H46FN5O4. The number of piperidine rings is 1. The molecular weight excluding hydrogens is 645 g/mol. The van der Waals surface area contributed by atoms with E-state index in [1.54, 1.807) is 39.5 Å². The number of likely N-dealkylation sites (tertiary alicyclic amines) is 2. The van der Waals surface area contributed by atoms with Gasteiger partial charge in [-0.15, -0.1) is 0 Å². The van der Waals surface area contributed by atoms with E-state index < -0.39 is 0 Å². The van der Waals surface area contributed by atoms with Gasteiger partial charge in [-0.2, -0.15) is 0 Å². The molecule has 7 rings (SSSR count). The number of hydrogen-bond acceptors (Lipinski definition) is 7. The molecule has 0 bridgehead atoms. The van der Waals surface area contributed by atoms with Crippen molar-refractivity contribution in [2.75, 3.05) is 59.4 Å². The monoisotopic (exact) mass is 691 g/mol. The maximum atomic E-state index is 14.7. The molecule has 3 heterocycles. The number of carbonyl (C=O) groups is 1. The van der Waals surface area contributed by atoms with Crippen LogP contribution in [-0.4, -0.2) is 85.4 Å². The summed E-state index contributed by atoms with van der Waals surface area (Å²) >= 11 is 0. The van der Waals surface area contributed by atoms with E-state index in [0.29, 0.717) is 48.0 Å². The van der Waals surface area contributed by atoms with Crippen LogP contribution in [0.15, 0.2) is 91.0 Å². The zero-order valence-electron chi connectivity index (χ0n) is 29.6. The third kappa shape index (κ3) is 7.10. The number of para-hydroxylation sites is 2. The molecule has 1 aromatic heterocycles. The number of methoxy groups -OCH3 is 3. The average Bonchev–Trinajstić information content (AvgIpc) is 3.77. The van der Waals surface area contributed by atoms with Crippen LogP contribution in [0.5, 0.6) is 17.2 Å². The Kier molecular flexibility index (Phi) is 10.1. The standard InChI is InChI=1S/C41H46FN5O4/c1-49-36-25-30(26-37(50-2)38(36)51-3)39(48)46-24-20-41(28-46,31-12-5-4-6-13-31)19-23-45-21-17-32(18-22-45)43-40-44-34-15-9-10-16-35(34)47(40)27-29-11-7-8-14-33(29)42/h4-16,25-26,32H,17-24,27-28H2,1-3H3,(H,43,44). The van der Waals surface area contributed by atoms with E-state index in [-0.39, 0.29) is 23.2 Å². The van der Waals surface area contributed by atoms with Gasteiger partial charge in [0.25, 0.3) is 5.91 Å². The smallest absolute Gasteiger partial charge is 0.254 e. The van der Waals surface area contributed by atoms with E-state index in [9.17, 15) is 9.18 Å². The van der Waals surface area contributed by atoms with Crippen molar-refractivity contribution < 1.29 is 23.4 Å². The third-order valence-corrected chi connectivity index (χ3v) is 10.7. The van der Waals surface area contributed by atoms with Crippen LogP contribution in [-0.2, 0) is 12.0 Å². The Hall–Kier alpha value is -5.09. The molecule has 0 radical (unpaired) electrons. The summed E-state index contributed by atoms with van der Waals surface area (Å²) in [5.74, 6) is 1.93. The van der Waals surface area contributed by atoms with Crippen molar-refractivity contribution in [1.82, 2.24) is 19.4 Å². The summed E-state index contributed by atoms with van der Waals surface area (Å²) in [5.41, 5.74) is 4.17. The fourth-order valence-corrected chi connectivity index (χ4v) is 7.81. The molecule has 2 aliphatic heterocycles. The van der Waals surface area contributed by atoms with Gasteiger partial charge in [0.15, 0.2) is 11.5 Å². The van der Waals surface area contributed by atoms with Crippen molar-refractivity contribution in [3.63, 3.8) is 0 Å². The number of hydrogen-bond donors (Lipinski definition) is 1. The van der Waals surface area contributed by atoms with Crippen LogP contribution in [0.2, 0.25) is 0 Å². The molecule has 2 fully saturated rings. The van der Waals surface area contributed by atoms with E-state index in [0.717, 1.165) is 62.3 Å². The first kappa shape index (κ1) is 34.4. The highest BCUT2D eigenvalue weighted by atomic mass is 19.1. The molecule has 5 aromatic rings. The summed E-state index contributed by atoms with van der Waals surface area (Å²) in [4.78, 5) is 23.4. The van der Waals surface area contributed by atoms with Crippen LogP contribution in [0.4, 0.5) is 10.3 Å². The van der Waals surface area contributed by atoms with Crippen molar-refractivity contribution in [2.24, 2.45) is 0 Å². The van der Waals surface area contributed by atoms with Crippen molar-refractivity contribution in [3.8, 4) is 17.2 Å². The van der Waals surface area contributed by atoms with Gasteiger partial charge in [-0.1, -0.05) is 60.7 Å². The molecule has 1 amide bonds. The van der Waals surface area contributed by atoms with E-state index >= 15 is 0 Å². The molecule has 266 valence electrons. The Morgan fingerprint density at radius 3 is 2.27 bits per heavy atom. The van der Waals surface area contributed by atoms with Gasteiger partial charge >= 0.3 is 0 Å². The number of nitrogens with one attached hydrogen (secondary N) is 1. The van der Waals surface area contributed by atoms with E-state index in [4.69, 9.17) is 19.2 Å². The average molecular weight is 692 g/mol. The van der Waals surface area contributed by atoms with Gasteiger partial charge in [0.2, 0.25) is 11.7 Å². The Balaban J connectivity index is 1.02. The van der Waals surface area contributed by atoms with E-state index in [2.05, 4.69) is 39.0 Å². The summed E-state index contributed by atoms with van der Waals surface area (Å²) in [6, 6.07) is 29.4. The second kappa shape index (κ2) is 15.0. The molecule has 1 unspecified atom stereocenters. The number of carbonyl (C=O) groups excluding carboxylic acids is 1. The largest absolute Gasteiger partial charge is 0.493 e. The first-order chi connectivity index (χ1) is 24.9. The van der Waals surface area contributed by atoms with Gasteiger partial charge in [0, 0.05) is 48.8 Å². The second-order valence-electron chi connectivity index (χ2n) is 13.6. The molecule has 9 nitrogen and oxygen atoms in total. The van der Waals surface area contributed by atoms with Crippen molar-refractivity contribution in [3.05, 3.63) is 114 Å². The van der Waals surface area contributed by atoms with Gasteiger partial charge in [0.1, 0.15) is 5.82 Å². The molecule has 1 N–H and O–H groups in total. The summed E-state index contributed by atoms with van der Waals surface area (Å²) in [6.45, 7) is 4.59.